The zero-order valence-corrected chi connectivity index (χ0v) is 15.3. The van der Waals surface area contributed by atoms with Gasteiger partial charge in [-0.15, -0.1) is 0 Å². The van der Waals surface area contributed by atoms with Crippen molar-refractivity contribution in [3.63, 3.8) is 0 Å². The molecule has 0 atom stereocenters. The molecule has 6 nitrogen and oxygen atoms in total. The van der Waals surface area contributed by atoms with Crippen LogP contribution in [0.5, 0.6) is 11.5 Å². The van der Waals surface area contributed by atoms with E-state index in [-0.39, 0.29) is 11.9 Å². The first-order valence-corrected chi connectivity index (χ1v) is 9.15. The fourth-order valence-electron chi connectivity index (χ4n) is 2.59. The second-order valence-electron chi connectivity index (χ2n) is 6.23. The highest BCUT2D eigenvalue weighted by molar-refractivity contribution is 6.04. The van der Waals surface area contributed by atoms with E-state index < -0.39 is 0 Å². The maximum atomic E-state index is 12.5. The zero-order chi connectivity index (χ0) is 19.1. The largest absolute Gasteiger partial charge is 0.490 e. The zero-order valence-electron chi connectivity index (χ0n) is 15.3. The molecule has 142 valence electrons. The van der Waals surface area contributed by atoms with Crippen molar-refractivity contribution in [2.45, 2.75) is 26.2 Å². The maximum Gasteiger partial charge on any atom is 0.338 e. The number of unbranched alkanes of at least 4 members (excludes halogenated alkanes) is 1. The molecule has 0 aromatic heterocycles. The van der Waals surface area contributed by atoms with E-state index in [0.717, 1.165) is 19.3 Å². The molecule has 3 rings (SSSR count). The number of carbonyl (C=O) groups is 2. The van der Waals surface area contributed by atoms with Gasteiger partial charge in [0.2, 0.25) is 0 Å². The van der Waals surface area contributed by atoms with Crippen LogP contribution in [0.25, 0.3) is 0 Å². The van der Waals surface area contributed by atoms with E-state index in [4.69, 9.17) is 14.2 Å². The summed E-state index contributed by atoms with van der Waals surface area (Å²) in [5.74, 6) is 0.605. The predicted octanol–water partition coefficient (Wildman–Crippen LogP) is 4.06. The number of amides is 1. The molecular formula is C21H23NO5. The topological polar surface area (TPSA) is 73.9 Å². The van der Waals surface area contributed by atoms with Gasteiger partial charge >= 0.3 is 5.97 Å². The Labute approximate surface area is 158 Å². The minimum absolute atomic E-state index is 0.260. The molecule has 1 aliphatic rings. The summed E-state index contributed by atoms with van der Waals surface area (Å²) < 4.78 is 16.4. The Morgan fingerprint density at radius 2 is 1.70 bits per heavy atom. The molecular weight excluding hydrogens is 346 g/mol. The molecule has 0 fully saturated rings. The highest BCUT2D eigenvalue weighted by atomic mass is 16.5. The molecule has 1 N–H and O–H groups in total. The van der Waals surface area contributed by atoms with Gasteiger partial charge in [0.1, 0.15) is 0 Å². The Kier molecular flexibility index (Phi) is 6.30. The van der Waals surface area contributed by atoms with Gasteiger partial charge in [-0.2, -0.15) is 0 Å². The number of carbonyl (C=O) groups excluding carboxylic acids is 2. The second kappa shape index (κ2) is 9.07. The van der Waals surface area contributed by atoms with Crippen molar-refractivity contribution in [2.75, 3.05) is 25.1 Å². The van der Waals surface area contributed by atoms with Gasteiger partial charge in [-0.25, -0.2) is 4.79 Å². The summed E-state index contributed by atoms with van der Waals surface area (Å²) in [5, 5.41) is 2.81. The van der Waals surface area contributed by atoms with Gasteiger partial charge in [0.25, 0.3) is 5.91 Å². The summed E-state index contributed by atoms with van der Waals surface area (Å²) in [5.41, 5.74) is 1.53. The lowest BCUT2D eigenvalue weighted by Crippen LogP contribution is -2.12. The summed E-state index contributed by atoms with van der Waals surface area (Å²) in [7, 11) is 0. The number of fused-ring (bicyclic) bond motifs is 1. The summed E-state index contributed by atoms with van der Waals surface area (Å²) in [6.07, 6.45) is 2.62. The van der Waals surface area contributed by atoms with E-state index in [1.165, 1.54) is 0 Å². The van der Waals surface area contributed by atoms with Gasteiger partial charge in [0, 0.05) is 17.7 Å². The third kappa shape index (κ3) is 5.00. The first kappa shape index (κ1) is 18.8. The van der Waals surface area contributed by atoms with E-state index in [1.54, 1.807) is 42.5 Å². The Bertz CT molecular complexity index is 801. The Balaban J connectivity index is 1.62. The van der Waals surface area contributed by atoms with Crippen LogP contribution in [0.2, 0.25) is 0 Å². The van der Waals surface area contributed by atoms with Gasteiger partial charge in [-0.1, -0.05) is 13.3 Å². The Morgan fingerprint density at radius 3 is 2.44 bits per heavy atom. The molecule has 0 spiro atoms. The van der Waals surface area contributed by atoms with Crippen LogP contribution >= 0.6 is 0 Å². The summed E-state index contributed by atoms with van der Waals surface area (Å²) in [6.45, 7) is 3.62. The molecule has 0 saturated heterocycles. The van der Waals surface area contributed by atoms with Gasteiger partial charge in [-0.3, -0.25) is 4.79 Å². The monoisotopic (exact) mass is 369 g/mol. The normalized spacial score (nSPS) is 12.8. The quantitative estimate of drug-likeness (QED) is 0.614. The van der Waals surface area contributed by atoms with Crippen molar-refractivity contribution < 1.29 is 23.8 Å². The van der Waals surface area contributed by atoms with E-state index in [0.29, 0.717) is 48.1 Å². The molecule has 0 bridgehead atoms. The molecule has 0 aliphatic carbocycles. The molecule has 0 radical (unpaired) electrons. The predicted molar refractivity (Wildman–Crippen MR) is 102 cm³/mol. The van der Waals surface area contributed by atoms with E-state index in [1.807, 2.05) is 6.92 Å². The minimum atomic E-state index is -0.357. The molecule has 1 aliphatic heterocycles. The molecule has 1 heterocycles. The standard InChI is InChI=1S/C21H23NO5/c1-2-3-11-27-21(24)15-5-8-17(9-6-15)22-20(23)16-7-10-18-19(14-16)26-13-4-12-25-18/h5-10,14H,2-4,11-13H2,1H3,(H,22,23). The fourth-order valence-corrected chi connectivity index (χ4v) is 2.59. The maximum absolute atomic E-state index is 12.5. The highest BCUT2D eigenvalue weighted by Gasteiger charge is 2.14. The summed E-state index contributed by atoms with van der Waals surface area (Å²) in [6, 6.07) is 11.7. The van der Waals surface area contributed by atoms with Crippen molar-refractivity contribution in [2.24, 2.45) is 0 Å². The van der Waals surface area contributed by atoms with Crippen LogP contribution < -0.4 is 14.8 Å². The molecule has 0 unspecified atom stereocenters. The van der Waals surface area contributed by atoms with Crippen molar-refractivity contribution >= 4 is 17.6 Å². The highest BCUT2D eigenvalue weighted by Crippen LogP contribution is 2.30. The van der Waals surface area contributed by atoms with E-state index >= 15 is 0 Å². The third-order valence-electron chi connectivity index (χ3n) is 4.12. The van der Waals surface area contributed by atoms with Crippen LogP contribution in [0.3, 0.4) is 0 Å². The number of hydrogen-bond donors (Lipinski definition) is 1. The number of anilines is 1. The Morgan fingerprint density at radius 1 is 1.00 bits per heavy atom. The third-order valence-corrected chi connectivity index (χ3v) is 4.12. The van der Waals surface area contributed by atoms with Crippen molar-refractivity contribution in [1.82, 2.24) is 0 Å². The fraction of sp³-hybridized carbons (Fsp3) is 0.333. The number of ether oxygens (including phenoxy) is 3. The summed E-state index contributed by atoms with van der Waals surface area (Å²) in [4.78, 5) is 24.4. The molecule has 27 heavy (non-hydrogen) atoms. The van der Waals surface area contributed by atoms with Crippen LogP contribution in [0.1, 0.15) is 46.9 Å². The van der Waals surface area contributed by atoms with Crippen LogP contribution in [0.4, 0.5) is 5.69 Å². The van der Waals surface area contributed by atoms with Crippen molar-refractivity contribution in [1.29, 1.82) is 0 Å². The second-order valence-corrected chi connectivity index (χ2v) is 6.23. The minimum Gasteiger partial charge on any atom is -0.490 e. The molecule has 6 heteroatoms. The van der Waals surface area contributed by atoms with Gasteiger partial charge < -0.3 is 19.5 Å². The number of hydrogen-bond acceptors (Lipinski definition) is 5. The van der Waals surface area contributed by atoms with Gasteiger partial charge in [0.05, 0.1) is 25.4 Å². The number of esters is 1. The number of rotatable bonds is 6. The van der Waals surface area contributed by atoms with Crippen LogP contribution in [0.15, 0.2) is 42.5 Å². The number of benzene rings is 2. The average molecular weight is 369 g/mol. The van der Waals surface area contributed by atoms with E-state index in [9.17, 15) is 9.59 Å². The first-order valence-electron chi connectivity index (χ1n) is 9.15. The first-order chi connectivity index (χ1) is 13.2. The lowest BCUT2D eigenvalue weighted by Gasteiger charge is -2.10. The average Bonchev–Trinajstić information content (AvgIpc) is 2.93. The van der Waals surface area contributed by atoms with Gasteiger partial charge in [0.15, 0.2) is 11.5 Å². The van der Waals surface area contributed by atoms with Crippen LogP contribution in [0, 0.1) is 0 Å². The van der Waals surface area contributed by atoms with Crippen LogP contribution in [-0.4, -0.2) is 31.7 Å². The molecule has 1 amide bonds. The molecule has 2 aromatic carbocycles. The van der Waals surface area contributed by atoms with Gasteiger partial charge in [-0.05, 0) is 48.9 Å². The smallest absolute Gasteiger partial charge is 0.338 e. The van der Waals surface area contributed by atoms with Crippen molar-refractivity contribution in [3.05, 3.63) is 53.6 Å². The summed E-state index contributed by atoms with van der Waals surface area (Å²) >= 11 is 0. The van der Waals surface area contributed by atoms with Crippen LogP contribution in [-0.2, 0) is 4.74 Å². The number of nitrogens with one attached hydrogen (secondary N) is 1. The molecule has 0 saturated carbocycles. The Hall–Kier alpha value is -3.02. The van der Waals surface area contributed by atoms with Crippen molar-refractivity contribution in [3.8, 4) is 11.5 Å². The SMILES string of the molecule is CCCCOC(=O)c1ccc(NC(=O)c2ccc3c(c2)OCCCO3)cc1. The lowest BCUT2D eigenvalue weighted by atomic mass is 10.1. The van der Waals surface area contributed by atoms with E-state index in [2.05, 4.69) is 5.32 Å². The molecule has 2 aromatic rings. The lowest BCUT2D eigenvalue weighted by molar-refractivity contribution is 0.0499.